The zero-order chi connectivity index (χ0) is 19.6. The fourth-order valence-corrected chi connectivity index (χ4v) is 2.64. The predicted octanol–water partition coefficient (Wildman–Crippen LogP) is 4.39. The van der Waals surface area contributed by atoms with Crippen LogP contribution in [0.3, 0.4) is 0 Å². The summed E-state index contributed by atoms with van der Waals surface area (Å²) in [5.74, 6) is -0.253. The highest BCUT2D eigenvalue weighted by Gasteiger charge is 2.08. The normalized spacial score (nSPS) is 11.8. The number of aliphatic hydroxyl groups is 1. The monoisotopic (exact) mass is 381 g/mol. The smallest absolute Gasteiger partial charge is 0.167 e. The van der Waals surface area contributed by atoms with Crippen molar-refractivity contribution in [2.75, 3.05) is 18.5 Å². The van der Waals surface area contributed by atoms with Crippen molar-refractivity contribution in [3.05, 3.63) is 95.8 Å². The second-order valence-electron chi connectivity index (χ2n) is 6.45. The van der Waals surface area contributed by atoms with Crippen molar-refractivity contribution < 1.29 is 19.0 Å². The van der Waals surface area contributed by atoms with Crippen molar-refractivity contribution in [3.8, 4) is 5.75 Å². The minimum atomic E-state index is -0.694. The van der Waals surface area contributed by atoms with E-state index in [0.29, 0.717) is 18.9 Å². The summed E-state index contributed by atoms with van der Waals surface area (Å²) in [5, 5.41) is 13.0. The first-order chi connectivity index (χ1) is 13.7. The molecule has 1 atom stereocenters. The van der Waals surface area contributed by atoms with Gasteiger partial charge in [-0.05, 0) is 23.3 Å². The molecule has 4 nitrogen and oxygen atoms in total. The van der Waals surface area contributed by atoms with E-state index < -0.39 is 11.9 Å². The maximum absolute atomic E-state index is 14.2. The van der Waals surface area contributed by atoms with Crippen LogP contribution in [0, 0.1) is 5.82 Å². The third kappa shape index (κ3) is 6.37. The van der Waals surface area contributed by atoms with Crippen LogP contribution in [-0.2, 0) is 18.0 Å². The molecule has 0 aliphatic rings. The van der Waals surface area contributed by atoms with Crippen molar-refractivity contribution >= 4 is 5.69 Å². The van der Waals surface area contributed by atoms with Crippen LogP contribution in [0.4, 0.5) is 10.1 Å². The number of anilines is 1. The van der Waals surface area contributed by atoms with Crippen LogP contribution in [-0.4, -0.2) is 24.4 Å². The van der Waals surface area contributed by atoms with Crippen molar-refractivity contribution in [2.45, 2.75) is 19.3 Å². The molecule has 0 aliphatic carbocycles. The summed E-state index contributed by atoms with van der Waals surface area (Å²) in [4.78, 5) is 0. The average molecular weight is 381 g/mol. The Hall–Kier alpha value is -2.89. The molecular formula is C23H24FNO3. The maximum Gasteiger partial charge on any atom is 0.167 e. The zero-order valence-corrected chi connectivity index (χ0v) is 15.6. The highest BCUT2D eigenvalue weighted by atomic mass is 19.1. The maximum atomic E-state index is 14.2. The van der Waals surface area contributed by atoms with Crippen LogP contribution in [0.2, 0.25) is 0 Å². The number of hydrogen-bond acceptors (Lipinski definition) is 4. The van der Waals surface area contributed by atoms with E-state index in [9.17, 15) is 9.50 Å². The summed E-state index contributed by atoms with van der Waals surface area (Å²) in [5.41, 5.74) is 2.60. The molecule has 0 amide bonds. The van der Waals surface area contributed by atoms with Gasteiger partial charge >= 0.3 is 0 Å². The lowest BCUT2D eigenvalue weighted by molar-refractivity contribution is 0.0348. The Balaban J connectivity index is 1.41. The van der Waals surface area contributed by atoms with Gasteiger partial charge in [0.1, 0.15) is 6.61 Å². The molecule has 0 saturated heterocycles. The van der Waals surface area contributed by atoms with Crippen molar-refractivity contribution in [1.29, 1.82) is 0 Å². The summed E-state index contributed by atoms with van der Waals surface area (Å²) < 4.78 is 25.2. The van der Waals surface area contributed by atoms with Crippen molar-refractivity contribution in [1.82, 2.24) is 0 Å². The lowest BCUT2D eigenvalue weighted by Gasteiger charge is -2.14. The van der Waals surface area contributed by atoms with E-state index in [-0.39, 0.29) is 18.9 Å². The Kier molecular flexibility index (Phi) is 7.41. The first kappa shape index (κ1) is 19.9. The lowest BCUT2D eigenvalue weighted by atomic mass is 10.2. The molecule has 3 aromatic rings. The predicted molar refractivity (Wildman–Crippen MR) is 108 cm³/mol. The fourth-order valence-electron chi connectivity index (χ4n) is 2.64. The van der Waals surface area contributed by atoms with E-state index in [2.05, 4.69) is 5.32 Å². The SMILES string of the molecule is O[C@H](CNc1ccc(OCc2ccccc2)c(F)c1)COCc1ccccc1. The topological polar surface area (TPSA) is 50.7 Å². The second kappa shape index (κ2) is 10.4. The Morgan fingerprint density at radius 3 is 2.14 bits per heavy atom. The molecule has 0 bridgehead atoms. The van der Waals surface area contributed by atoms with Gasteiger partial charge in [0.05, 0.1) is 19.3 Å². The molecule has 0 spiro atoms. The van der Waals surface area contributed by atoms with Gasteiger partial charge in [0.25, 0.3) is 0 Å². The van der Waals surface area contributed by atoms with Crippen LogP contribution in [0.5, 0.6) is 5.75 Å². The van der Waals surface area contributed by atoms with Gasteiger partial charge in [0.2, 0.25) is 0 Å². The molecule has 0 saturated carbocycles. The molecule has 0 heterocycles. The van der Waals surface area contributed by atoms with Gasteiger partial charge in [0.15, 0.2) is 11.6 Å². The third-order valence-electron chi connectivity index (χ3n) is 4.13. The van der Waals surface area contributed by atoms with Crippen LogP contribution in [0.25, 0.3) is 0 Å². The molecule has 146 valence electrons. The Labute approximate surface area is 164 Å². The van der Waals surface area contributed by atoms with Crippen LogP contribution < -0.4 is 10.1 Å². The number of halogens is 1. The number of hydrogen-bond donors (Lipinski definition) is 2. The van der Waals surface area contributed by atoms with E-state index in [1.54, 1.807) is 12.1 Å². The zero-order valence-electron chi connectivity index (χ0n) is 15.6. The van der Waals surface area contributed by atoms with Crippen LogP contribution in [0.1, 0.15) is 11.1 Å². The molecule has 0 aliphatic heterocycles. The molecule has 2 N–H and O–H groups in total. The fraction of sp³-hybridized carbons (Fsp3) is 0.217. The first-order valence-corrected chi connectivity index (χ1v) is 9.20. The number of benzene rings is 3. The third-order valence-corrected chi connectivity index (χ3v) is 4.13. The second-order valence-corrected chi connectivity index (χ2v) is 6.45. The van der Waals surface area contributed by atoms with Crippen LogP contribution >= 0.6 is 0 Å². The van der Waals surface area contributed by atoms with E-state index in [1.165, 1.54) is 6.07 Å². The molecule has 28 heavy (non-hydrogen) atoms. The number of aliphatic hydroxyl groups excluding tert-OH is 1. The summed E-state index contributed by atoms with van der Waals surface area (Å²) in [6.45, 7) is 1.21. The molecular weight excluding hydrogens is 357 g/mol. The standard InChI is InChI=1S/C23H24FNO3/c24-22-13-20(11-12-23(22)28-16-19-9-5-2-6-10-19)25-14-21(26)17-27-15-18-7-3-1-4-8-18/h1-13,21,25-26H,14-17H2/t21-/m1/s1. The highest BCUT2D eigenvalue weighted by molar-refractivity contribution is 5.47. The highest BCUT2D eigenvalue weighted by Crippen LogP contribution is 2.22. The van der Waals surface area contributed by atoms with E-state index in [4.69, 9.17) is 9.47 Å². The summed E-state index contributed by atoms with van der Waals surface area (Å²) in [6.07, 6.45) is -0.694. The van der Waals surface area contributed by atoms with Gasteiger partial charge in [-0.15, -0.1) is 0 Å². The molecule has 0 unspecified atom stereocenters. The molecule has 3 rings (SSSR count). The van der Waals surface area contributed by atoms with Gasteiger partial charge in [-0.1, -0.05) is 60.7 Å². The average Bonchev–Trinajstić information content (AvgIpc) is 2.73. The van der Waals surface area contributed by atoms with Gasteiger partial charge in [-0.2, -0.15) is 0 Å². The molecule has 0 aromatic heterocycles. The quantitative estimate of drug-likeness (QED) is 0.547. The number of ether oxygens (including phenoxy) is 2. The summed E-state index contributed by atoms with van der Waals surface area (Å²) >= 11 is 0. The minimum absolute atomic E-state index is 0.196. The summed E-state index contributed by atoms with van der Waals surface area (Å²) in [6, 6.07) is 24.0. The van der Waals surface area contributed by atoms with E-state index in [0.717, 1.165) is 11.1 Å². The molecule has 0 fully saturated rings. The lowest BCUT2D eigenvalue weighted by Crippen LogP contribution is -2.24. The number of nitrogens with one attached hydrogen (secondary N) is 1. The van der Waals surface area contributed by atoms with Gasteiger partial charge < -0.3 is 19.9 Å². The first-order valence-electron chi connectivity index (χ1n) is 9.20. The van der Waals surface area contributed by atoms with Crippen molar-refractivity contribution in [2.24, 2.45) is 0 Å². The Bertz CT molecular complexity index is 843. The van der Waals surface area contributed by atoms with E-state index >= 15 is 0 Å². The van der Waals surface area contributed by atoms with Crippen LogP contribution in [0.15, 0.2) is 78.9 Å². The number of rotatable bonds is 10. The van der Waals surface area contributed by atoms with Gasteiger partial charge in [-0.3, -0.25) is 0 Å². The van der Waals surface area contributed by atoms with Gasteiger partial charge in [-0.25, -0.2) is 4.39 Å². The largest absolute Gasteiger partial charge is 0.486 e. The Morgan fingerprint density at radius 1 is 0.857 bits per heavy atom. The summed E-state index contributed by atoms with van der Waals surface area (Å²) in [7, 11) is 0. The van der Waals surface area contributed by atoms with E-state index in [1.807, 2.05) is 60.7 Å². The molecule has 3 aromatic carbocycles. The van der Waals surface area contributed by atoms with Crippen molar-refractivity contribution in [3.63, 3.8) is 0 Å². The Morgan fingerprint density at radius 2 is 1.50 bits per heavy atom. The molecule has 5 heteroatoms. The molecule has 0 radical (unpaired) electrons. The van der Waals surface area contributed by atoms with Gasteiger partial charge in [0, 0.05) is 18.3 Å². The minimum Gasteiger partial charge on any atom is -0.486 e.